The van der Waals surface area contributed by atoms with Crippen LogP contribution in [0.3, 0.4) is 0 Å². The molecule has 0 radical (unpaired) electrons. The summed E-state index contributed by atoms with van der Waals surface area (Å²) in [6, 6.07) is 2.02. The summed E-state index contributed by atoms with van der Waals surface area (Å²) in [5, 5.41) is 4.47. The summed E-state index contributed by atoms with van der Waals surface area (Å²) >= 11 is 0. The highest BCUT2D eigenvalue weighted by Gasteiger charge is 2.35. The van der Waals surface area contributed by atoms with Gasteiger partial charge in [-0.1, -0.05) is 6.92 Å². The molecule has 0 bridgehead atoms. The molecule has 1 fully saturated rings. The van der Waals surface area contributed by atoms with Crippen LogP contribution < -0.4 is 5.73 Å². The first-order chi connectivity index (χ1) is 9.08. The van der Waals surface area contributed by atoms with Gasteiger partial charge in [0.1, 0.15) is 0 Å². The van der Waals surface area contributed by atoms with Crippen LogP contribution in [0.5, 0.6) is 0 Å². The topological polar surface area (TPSA) is 47.1 Å². The highest BCUT2D eigenvalue weighted by molar-refractivity contribution is 5.13. The van der Waals surface area contributed by atoms with E-state index in [0.29, 0.717) is 30.7 Å². The van der Waals surface area contributed by atoms with Crippen molar-refractivity contribution in [3.05, 3.63) is 18.0 Å². The lowest BCUT2D eigenvalue weighted by Crippen LogP contribution is -2.40. The van der Waals surface area contributed by atoms with Gasteiger partial charge in [-0.25, -0.2) is 0 Å². The van der Waals surface area contributed by atoms with Gasteiger partial charge in [-0.3, -0.25) is 9.58 Å². The molecule has 2 rings (SSSR count). The molecule has 0 spiro atoms. The van der Waals surface area contributed by atoms with Gasteiger partial charge >= 0.3 is 0 Å². The van der Waals surface area contributed by atoms with Crippen LogP contribution in [-0.2, 0) is 0 Å². The van der Waals surface area contributed by atoms with E-state index < -0.39 is 0 Å². The number of nitrogens with two attached hydrogens (primary N) is 1. The van der Waals surface area contributed by atoms with Crippen molar-refractivity contribution in [1.82, 2.24) is 14.7 Å². The molecule has 1 aliphatic heterocycles. The minimum Gasteiger partial charge on any atom is -0.329 e. The highest BCUT2D eigenvalue weighted by Crippen LogP contribution is 2.34. The molecule has 19 heavy (non-hydrogen) atoms. The molecule has 4 heteroatoms. The van der Waals surface area contributed by atoms with Gasteiger partial charge in [-0.15, -0.1) is 0 Å². The summed E-state index contributed by atoms with van der Waals surface area (Å²) in [5.74, 6) is 0. The Balaban J connectivity index is 2.22. The second-order valence-corrected chi connectivity index (χ2v) is 6.03. The normalized spacial score (nSPS) is 26.2. The molecule has 1 aromatic heterocycles. The maximum atomic E-state index is 6.07. The molecular formula is C15H28N4. The zero-order valence-electron chi connectivity index (χ0n) is 12.7. The first-order valence-corrected chi connectivity index (χ1v) is 7.60. The van der Waals surface area contributed by atoms with Crippen molar-refractivity contribution in [2.75, 3.05) is 6.54 Å². The Morgan fingerprint density at radius 3 is 2.68 bits per heavy atom. The number of hydrogen-bond acceptors (Lipinski definition) is 3. The van der Waals surface area contributed by atoms with Gasteiger partial charge in [0.2, 0.25) is 0 Å². The molecule has 0 aromatic carbocycles. The number of likely N-dealkylation sites (tertiary alicyclic amines) is 1. The van der Waals surface area contributed by atoms with Crippen molar-refractivity contribution in [2.24, 2.45) is 5.73 Å². The summed E-state index contributed by atoms with van der Waals surface area (Å²) in [4.78, 5) is 2.61. The van der Waals surface area contributed by atoms with Gasteiger partial charge in [-0.2, -0.15) is 5.10 Å². The lowest BCUT2D eigenvalue weighted by molar-refractivity contribution is 0.137. The average molecular weight is 264 g/mol. The zero-order valence-corrected chi connectivity index (χ0v) is 12.7. The van der Waals surface area contributed by atoms with Crippen LogP contribution in [0.25, 0.3) is 0 Å². The second kappa shape index (κ2) is 6.06. The van der Waals surface area contributed by atoms with Crippen LogP contribution >= 0.6 is 0 Å². The van der Waals surface area contributed by atoms with Crippen LogP contribution in [0.4, 0.5) is 0 Å². The Morgan fingerprint density at radius 1 is 1.42 bits per heavy atom. The molecule has 1 aromatic rings. The molecule has 0 saturated carbocycles. The molecule has 0 aliphatic carbocycles. The molecule has 2 N–H and O–H groups in total. The minimum absolute atomic E-state index is 0.315. The number of aromatic nitrogens is 2. The van der Waals surface area contributed by atoms with Gasteiger partial charge < -0.3 is 5.73 Å². The third kappa shape index (κ3) is 2.84. The lowest BCUT2D eigenvalue weighted by Gasteiger charge is -2.35. The lowest BCUT2D eigenvalue weighted by atomic mass is 10.1. The number of rotatable bonds is 5. The summed E-state index contributed by atoms with van der Waals surface area (Å²) < 4.78 is 2.03. The SMILES string of the molecule is CCC1CCC(C)N1C(CN)c1cnn(C(C)C)c1. The summed E-state index contributed by atoms with van der Waals surface area (Å²) in [6.07, 6.45) is 7.95. The minimum atomic E-state index is 0.315. The van der Waals surface area contributed by atoms with E-state index in [1.165, 1.54) is 24.8 Å². The molecule has 4 nitrogen and oxygen atoms in total. The fraction of sp³-hybridized carbons (Fsp3) is 0.800. The van der Waals surface area contributed by atoms with E-state index in [1.54, 1.807) is 0 Å². The summed E-state index contributed by atoms with van der Waals surface area (Å²) in [5.41, 5.74) is 7.34. The van der Waals surface area contributed by atoms with Crippen molar-refractivity contribution < 1.29 is 0 Å². The standard InChI is InChI=1S/C15H28N4/c1-5-14-7-6-12(4)19(14)15(8-16)13-9-17-18(10-13)11(2)3/h9-12,14-15H,5-8,16H2,1-4H3. The summed E-state index contributed by atoms with van der Waals surface area (Å²) in [6.45, 7) is 9.58. The third-order valence-electron chi connectivity index (χ3n) is 4.44. The Kier molecular flexibility index (Phi) is 4.63. The monoisotopic (exact) mass is 264 g/mol. The number of nitrogens with zero attached hydrogens (tertiary/aromatic N) is 3. The van der Waals surface area contributed by atoms with E-state index >= 15 is 0 Å². The third-order valence-corrected chi connectivity index (χ3v) is 4.44. The van der Waals surface area contributed by atoms with Crippen LogP contribution in [-0.4, -0.2) is 33.3 Å². The molecule has 2 heterocycles. The first-order valence-electron chi connectivity index (χ1n) is 7.60. The van der Waals surface area contributed by atoms with Crippen molar-refractivity contribution in [3.8, 4) is 0 Å². The highest BCUT2D eigenvalue weighted by atomic mass is 15.3. The quantitative estimate of drug-likeness (QED) is 0.889. The van der Waals surface area contributed by atoms with Crippen molar-refractivity contribution in [3.63, 3.8) is 0 Å². The van der Waals surface area contributed by atoms with Gasteiger partial charge in [0, 0.05) is 36.4 Å². The van der Waals surface area contributed by atoms with Crippen LogP contribution in [0.15, 0.2) is 12.4 Å². The average Bonchev–Trinajstić information content (AvgIpc) is 2.99. The fourth-order valence-electron chi connectivity index (χ4n) is 3.31. The van der Waals surface area contributed by atoms with Gasteiger partial charge in [0.05, 0.1) is 12.2 Å². The van der Waals surface area contributed by atoms with E-state index in [4.69, 9.17) is 5.73 Å². The zero-order chi connectivity index (χ0) is 14.0. The Hall–Kier alpha value is -0.870. The predicted molar refractivity (Wildman–Crippen MR) is 79.0 cm³/mol. The van der Waals surface area contributed by atoms with E-state index in [-0.39, 0.29) is 0 Å². The fourth-order valence-corrected chi connectivity index (χ4v) is 3.31. The first kappa shape index (κ1) is 14.5. The van der Waals surface area contributed by atoms with Crippen molar-refractivity contribution in [1.29, 1.82) is 0 Å². The van der Waals surface area contributed by atoms with E-state index in [2.05, 4.69) is 43.9 Å². The van der Waals surface area contributed by atoms with Gasteiger partial charge in [0.25, 0.3) is 0 Å². The van der Waals surface area contributed by atoms with E-state index in [0.717, 1.165) is 0 Å². The van der Waals surface area contributed by atoms with E-state index in [1.807, 2.05) is 10.9 Å². The predicted octanol–water partition coefficient (Wildman–Crippen LogP) is 2.73. The van der Waals surface area contributed by atoms with Crippen LogP contribution in [0, 0.1) is 0 Å². The molecule has 3 atom stereocenters. The van der Waals surface area contributed by atoms with Crippen molar-refractivity contribution >= 4 is 0 Å². The maximum Gasteiger partial charge on any atom is 0.0538 e. The van der Waals surface area contributed by atoms with Crippen LogP contribution in [0.1, 0.15) is 64.6 Å². The molecule has 1 aliphatic rings. The largest absolute Gasteiger partial charge is 0.329 e. The Bertz CT molecular complexity index is 399. The second-order valence-electron chi connectivity index (χ2n) is 6.03. The van der Waals surface area contributed by atoms with Crippen molar-refractivity contribution in [2.45, 2.75) is 71.1 Å². The molecule has 1 saturated heterocycles. The van der Waals surface area contributed by atoms with Gasteiger partial charge in [0.15, 0.2) is 0 Å². The molecule has 3 unspecified atom stereocenters. The Morgan fingerprint density at radius 2 is 2.16 bits per heavy atom. The molecular weight excluding hydrogens is 236 g/mol. The van der Waals surface area contributed by atoms with Gasteiger partial charge in [-0.05, 0) is 40.0 Å². The smallest absolute Gasteiger partial charge is 0.0538 e. The van der Waals surface area contributed by atoms with E-state index in [9.17, 15) is 0 Å². The Labute approximate surface area is 117 Å². The summed E-state index contributed by atoms with van der Waals surface area (Å²) in [7, 11) is 0. The molecule has 108 valence electrons. The van der Waals surface area contributed by atoms with Crippen LogP contribution in [0.2, 0.25) is 0 Å². The maximum absolute atomic E-state index is 6.07. The number of hydrogen-bond donors (Lipinski definition) is 1. The molecule has 0 amide bonds.